The molecule has 2 aliphatic heterocycles. The quantitative estimate of drug-likeness (QED) is 0.788. The molecule has 2 N–H and O–H groups in total. The number of piperidine rings is 1. The fourth-order valence-electron chi connectivity index (χ4n) is 3.19. The van der Waals surface area contributed by atoms with E-state index in [4.69, 9.17) is 9.84 Å². The Labute approximate surface area is 155 Å². The number of carboxylic acids is 1. The van der Waals surface area contributed by atoms with Gasteiger partial charge in [0, 0.05) is 25.7 Å². The van der Waals surface area contributed by atoms with Gasteiger partial charge in [0.2, 0.25) is 5.91 Å². The second kappa shape index (κ2) is 7.65. The molecular weight excluding hydrogens is 354 g/mol. The van der Waals surface area contributed by atoms with E-state index in [1.165, 1.54) is 18.0 Å². The summed E-state index contributed by atoms with van der Waals surface area (Å²) < 4.78 is 5.26. The Morgan fingerprint density at radius 2 is 2.00 bits per heavy atom. The number of hydrogen-bond donors (Lipinski definition) is 2. The highest BCUT2D eigenvalue weighted by Gasteiger charge is 2.28. The van der Waals surface area contributed by atoms with Gasteiger partial charge in [-0.2, -0.15) is 0 Å². The van der Waals surface area contributed by atoms with Crippen molar-refractivity contribution in [1.82, 2.24) is 9.80 Å². The molecule has 9 nitrogen and oxygen atoms in total. The molecule has 9 heteroatoms. The molecule has 0 aliphatic carbocycles. The third-order valence-corrected chi connectivity index (χ3v) is 4.78. The predicted octanol–water partition coefficient (Wildman–Crippen LogP) is 0.413. The lowest BCUT2D eigenvalue weighted by molar-refractivity contribution is -0.145. The van der Waals surface area contributed by atoms with Crippen molar-refractivity contribution in [2.24, 2.45) is 5.92 Å². The number of likely N-dealkylation sites (N-methyl/N-ethyl adjacent to an activating group) is 1. The lowest BCUT2D eigenvalue weighted by atomic mass is 9.97. The zero-order valence-electron chi connectivity index (χ0n) is 14.9. The standard InChI is InChI=1S/C18H21N3O6/c1-20(9-16(23)21-6-4-11(5-7-21)18(25)26)17(24)12-2-3-14-13(8-12)19-15(22)10-27-14/h2-3,8,11H,4-7,9-10H2,1H3,(H,19,22)(H,25,26). The Morgan fingerprint density at radius 1 is 1.30 bits per heavy atom. The van der Waals surface area contributed by atoms with E-state index in [1.54, 1.807) is 17.0 Å². The van der Waals surface area contributed by atoms with Crippen LogP contribution in [0.15, 0.2) is 18.2 Å². The van der Waals surface area contributed by atoms with E-state index >= 15 is 0 Å². The molecule has 0 radical (unpaired) electrons. The second-order valence-corrected chi connectivity index (χ2v) is 6.70. The molecule has 0 atom stereocenters. The topological polar surface area (TPSA) is 116 Å². The Kier molecular flexibility index (Phi) is 5.29. The van der Waals surface area contributed by atoms with Gasteiger partial charge in [0.25, 0.3) is 11.8 Å². The van der Waals surface area contributed by atoms with Gasteiger partial charge in [0.1, 0.15) is 5.75 Å². The van der Waals surface area contributed by atoms with Crippen LogP contribution in [-0.2, 0) is 14.4 Å². The maximum Gasteiger partial charge on any atom is 0.306 e. The number of nitrogens with zero attached hydrogens (tertiary/aromatic N) is 2. The molecule has 27 heavy (non-hydrogen) atoms. The van der Waals surface area contributed by atoms with Crippen LogP contribution < -0.4 is 10.1 Å². The molecule has 2 heterocycles. The number of fused-ring (bicyclic) bond motifs is 1. The zero-order valence-corrected chi connectivity index (χ0v) is 14.9. The van der Waals surface area contributed by atoms with Crippen LogP contribution in [0, 0.1) is 5.92 Å². The minimum absolute atomic E-state index is 0.0622. The van der Waals surface area contributed by atoms with Crippen LogP contribution in [0.1, 0.15) is 23.2 Å². The Balaban J connectivity index is 1.59. The molecule has 144 valence electrons. The van der Waals surface area contributed by atoms with Crippen LogP contribution in [0.3, 0.4) is 0 Å². The van der Waals surface area contributed by atoms with Gasteiger partial charge in [0.05, 0.1) is 18.2 Å². The van der Waals surface area contributed by atoms with Crippen LogP contribution in [0.5, 0.6) is 5.75 Å². The Bertz CT molecular complexity index is 785. The number of rotatable bonds is 4. The van der Waals surface area contributed by atoms with E-state index in [9.17, 15) is 19.2 Å². The van der Waals surface area contributed by atoms with E-state index in [-0.39, 0.29) is 30.9 Å². The molecule has 0 spiro atoms. The number of carbonyl (C=O) groups is 4. The van der Waals surface area contributed by atoms with Crippen molar-refractivity contribution >= 4 is 29.4 Å². The van der Waals surface area contributed by atoms with E-state index in [0.717, 1.165) is 0 Å². The van der Waals surface area contributed by atoms with E-state index in [1.807, 2.05) is 0 Å². The van der Waals surface area contributed by atoms with Crippen molar-refractivity contribution < 1.29 is 29.0 Å². The lowest BCUT2D eigenvalue weighted by Gasteiger charge is -2.31. The van der Waals surface area contributed by atoms with Crippen LogP contribution in [0.25, 0.3) is 0 Å². The highest BCUT2D eigenvalue weighted by molar-refractivity contribution is 6.00. The number of hydrogen-bond acceptors (Lipinski definition) is 5. The molecule has 0 bridgehead atoms. The van der Waals surface area contributed by atoms with Gasteiger partial charge in [-0.1, -0.05) is 0 Å². The van der Waals surface area contributed by atoms with E-state index in [2.05, 4.69) is 5.32 Å². The minimum Gasteiger partial charge on any atom is -0.482 e. The van der Waals surface area contributed by atoms with Crippen molar-refractivity contribution in [1.29, 1.82) is 0 Å². The van der Waals surface area contributed by atoms with E-state index < -0.39 is 11.9 Å². The number of ether oxygens (including phenoxy) is 1. The van der Waals surface area contributed by atoms with Gasteiger partial charge >= 0.3 is 5.97 Å². The fourth-order valence-corrected chi connectivity index (χ4v) is 3.19. The largest absolute Gasteiger partial charge is 0.482 e. The summed E-state index contributed by atoms with van der Waals surface area (Å²) in [4.78, 5) is 50.3. The first-order valence-corrected chi connectivity index (χ1v) is 8.68. The summed E-state index contributed by atoms with van der Waals surface area (Å²) >= 11 is 0. The lowest BCUT2D eigenvalue weighted by Crippen LogP contribution is -2.45. The molecular formula is C18H21N3O6. The molecule has 1 fully saturated rings. The molecule has 0 aromatic heterocycles. The van der Waals surface area contributed by atoms with Crippen molar-refractivity contribution in [2.75, 3.05) is 38.6 Å². The highest BCUT2D eigenvalue weighted by atomic mass is 16.5. The molecule has 1 aromatic carbocycles. The summed E-state index contributed by atoms with van der Waals surface area (Å²) in [7, 11) is 1.53. The maximum atomic E-state index is 12.6. The van der Waals surface area contributed by atoms with Gasteiger partial charge in [0.15, 0.2) is 6.61 Å². The Hall–Kier alpha value is -3.10. The van der Waals surface area contributed by atoms with Gasteiger partial charge in [-0.3, -0.25) is 19.2 Å². The van der Waals surface area contributed by atoms with Gasteiger partial charge in [-0.25, -0.2) is 0 Å². The first-order chi connectivity index (χ1) is 12.8. The molecule has 2 aliphatic rings. The maximum absolute atomic E-state index is 12.6. The monoisotopic (exact) mass is 375 g/mol. The first-order valence-electron chi connectivity index (χ1n) is 8.68. The summed E-state index contributed by atoms with van der Waals surface area (Å²) in [6.45, 7) is 0.587. The van der Waals surface area contributed by atoms with Gasteiger partial charge < -0.3 is 25.0 Å². The van der Waals surface area contributed by atoms with Crippen LogP contribution in [0.2, 0.25) is 0 Å². The third kappa shape index (κ3) is 4.18. The average molecular weight is 375 g/mol. The summed E-state index contributed by atoms with van der Waals surface area (Å²) in [5, 5.41) is 11.7. The van der Waals surface area contributed by atoms with Gasteiger partial charge in [-0.15, -0.1) is 0 Å². The number of aliphatic carboxylic acids is 1. The number of amides is 3. The highest BCUT2D eigenvalue weighted by Crippen LogP contribution is 2.28. The number of benzene rings is 1. The van der Waals surface area contributed by atoms with Crippen molar-refractivity contribution in [2.45, 2.75) is 12.8 Å². The normalized spacial score (nSPS) is 16.8. The number of carboxylic acid groups (broad SMARTS) is 1. The zero-order chi connectivity index (χ0) is 19.6. The van der Waals surface area contributed by atoms with Crippen molar-refractivity contribution in [3.8, 4) is 5.75 Å². The summed E-state index contributed by atoms with van der Waals surface area (Å²) in [6, 6.07) is 4.71. The first kappa shape index (κ1) is 18.7. The summed E-state index contributed by atoms with van der Waals surface area (Å²) in [5.41, 5.74) is 0.756. The fraction of sp³-hybridized carbons (Fsp3) is 0.444. The second-order valence-electron chi connectivity index (χ2n) is 6.70. The average Bonchev–Trinajstić information content (AvgIpc) is 2.66. The van der Waals surface area contributed by atoms with Gasteiger partial charge in [-0.05, 0) is 31.0 Å². The van der Waals surface area contributed by atoms with Crippen molar-refractivity contribution in [3.63, 3.8) is 0 Å². The predicted molar refractivity (Wildman–Crippen MR) is 94.5 cm³/mol. The van der Waals surface area contributed by atoms with Crippen LogP contribution >= 0.6 is 0 Å². The number of anilines is 1. The molecule has 0 saturated carbocycles. The number of likely N-dealkylation sites (tertiary alicyclic amines) is 1. The minimum atomic E-state index is -0.835. The van der Waals surface area contributed by atoms with E-state index in [0.29, 0.717) is 42.9 Å². The van der Waals surface area contributed by atoms with Crippen LogP contribution in [0.4, 0.5) is 5.69 Å². The molecule has 1 saturated heterocycles. The summed E-state index contributed by atoms with van der Waals surface area (Å²) in [5.74, 6) is -1.62. The summed E-state index contributed by atoms with van der Waals surface area (Å²) in [6.07, 6.45) is 0.840. The Morgan fingerprint density at radius 3 is 2.67 bits per heavy atom. The van der Waals surface area contributed by atoms with Crippen molar-refractivity contribution in [3.05, 3.63) is 23.8 Å². The molecule has 1 aromatic rings. The number of carbonyl (C=O) groups excluding carboxylic acids is 3. The third-order valence-electron chi connectivity index (χ3n) is 4.78. The molecule has 0 unspecified atom stereocenters. The molecule has 3 amide bonds. The number of nitrogens with one attached hydrogen (secondary N) is 1. The SMILES string of the molecule is CN(CC(=O)N1CCC(C(=O)O)CC1)C(=O)c1ccc2c(c1)NC(=O)CO2. The van der Waals surface area contributed by atoms with Crippen LogP contribution in [-0.4, -0.2) is 71.9 Å². The smallest absolute Gasteiger partial charge is 0.306 e. The molecule has 3 rings (SSSR count).